The van der Waals surface area contributed by atoms with E-state index in [0.717, 1.165) is 48.1 Å². The maximum Gasteiger partial charge on any atom is 0.311 e. The van der Waals surface area contributed by atoms with E-state index in [2.05, 4.69) is 11.4 Å². The van der Waals surface area contributed by atoms with Gasteiger partial charge < -0.3 is 10.1 Å². The van der Waals surface area contributed by atoms with Crippen LogP contribution in [0.1, 0.15) is 47.8 Å². The average Bonchev–Trinajstić information content (AvgIpc) is 2.82. The molecule has 8 heteroatoms. The van der Waals surface area contributed by atoms with Gasteiger partial charge in [0.05, 0.1) is 10.5 Å². The highest BCUT2D eigenvalue weighted by molar-refractivity contribution is 7.16. The first kappa shape index (κ1) is 19.8. The van der Waals surface area contributed by atoms with Crippen molar-refractivity contribution in [1.29, 1.82) is 5.26 Å². The first-order chi connectivity index (χ1) is 13.4. The summed E-state index contributed by atoms with van der Waals surface area (Å²) in [5.74, 6) is -0.400. The highest BCUT2D eigenvalue weighted by Crippen LogP contribution is 2.37. The molecular weight excluding hydrogens is 378 g/mol. The van der Waals surface area contributed by atoms with E-state index in [9.17, 15) is 20.2 Å². The number of nitrogens with zero attached hydrogens (tertiary/aromatic N) is 2. The van der Waals surface area contributed by atoms with Crippen molar-refractivity contribution in [3.05, 3.63) is 49.9 Å². The second kappa shape index (κ2) is 8.40. The molecule has 1 heterocycles. The standard InChI is InChI=1S/C20H21N3O4S/c1-12-8-9-17(16(10-12)23(25)26)27-13(2)19(24)22-20-15(11-21)14-6-4-3-5-7-18(14)28-20/h8-10,13H,3-7H2,1-2H3,(H,22,24)/t13-/m1/s1. The maximum absolute atomic E-state index is 12.6. The number of thiophene rings is 1. The Kier molecular flexibility index (Phi) is 5.95. The Bertz CT molecular complexity index is 961. The smallest absolute Gasteiger partial charge is 0.311 e. The van der Waals surface area contributed by atoms with Gasteiger partial charge in [-0.05, 0) is 56.7 Å². The number of hydrogen-bond acceptors (Lipinski definition) is 6. The molecule has 1 aromatic heterocycles. The lowest BCUT2D eigenvalue weighted by atomic mass is 10.1. The number of carbonyl (C=O) groups is 1. The van der Waals surface area contributed by atoms with Crippen LogP contribution in [0.3, 0.4) is 0 Å². The summed E-state index contributed by atoms with van der Waals surface area (Å²) in [5, 5.41) is 24.1. The van der Waals surface area contributed by atoms with Crippen LogP contribution < -0.4 is 10.1 Å². The molecule has 1 atom stereocenters. The molecule has 0 aliphatic heterocycles. The third kappa shape index (κ3) is 4.15. The van der Waals surface area contributed by atoms with Gasteiger partial charge in [0.2, 0.25) is 0 Å². The summed E-state index contributed by atoms with van der Waals surface area (Å²) < 4.78 is 5.56. The predicted molar refractivity (Wildman–Crippen MR) is 107 cm³/mol. The minimum atomic E-state index is -0.949. The van der Waals surface area contributed by atoms with E-state index in [1.54, 1.807) is 13.0 Å². The molecule has 3 rings (SSSR count). The van der Waals surface area contributed by atoms with Gasteiger partial charge in [-0.25, -0.2) is 0 Å². The van der Waals surface area contributed by atoms with Crippen LogP contribution in [-0.4, -0.2) is 16.9 Å². The van der Waals surface area contributed by atoms with Crippen LogP contribution in [0.2, 0.25) is 0 Å². The predicted octanol–water partition coefficient (Wildman–Crippen LogP) is 4.51. The molecule has 1 N–H and O–H groups in total. The van der Waals surface area contributed by atoms with Gasteiger partial charge in [0.1, 0.15) is 11.1 Å². The second-order valence-electron chi connectivity index (χ2n) is 6.86. The van der Waals surface area contributed by atoms with Gasteiger partial charge in [0.25, 0.3) is 5.91 Å². The maximum atomic E-state index is 12.6. The number of carbonyl (C=O) groups excluding carboxylic acids is 1. The molecule has 1 amide bonds. The summed E-state index contributed by atoms with van der Waals surface area (Å²) in [6.07, 6.45) is 4.10. The first-order valence-electron chi connectivity index (χ1n) is 9.18. The third-order valence-corrected chi connectivity index (χ3v) is 5.96. The number of nitro groups is 1. The molecule has 0 radical (unpaired) electrons. The van der Waals surface area contributed by atoms with Crippen LogP contribution in [0.4, 0.5) is 10.7 Å². The third-order valence-electron chi connectivity index (χ3n) is 4.75. The number of nitrogens with one attached hydrogen (secondary N) is 1. The zero-order valence-electron chi connectivity index (χ0n) is 15.8. The summed E-state index contributed by atoms with van der Waals surface area (Å²) in [4.78, 5) is 24.5. The highest BCUT2D eigenvalue weighted by atomic mass is 32.1. The van der Waals surface area contributed by atoms with Crippen molar-refractivity contribution in [3.8, 4) is 11.8 Å². The molecule has 1 aliphatic rings. The number of fused-ring (bicyclic) bond motifs is 1. The normalized spacial score (nSPS) is 14.3. The fraction of sp³-hybridized carbons (Fsp3) is 0.400. The van der Waals surface area contributed by atoms with Crippen LogP contribution >= 0.6 is 11.3 Å². The Balaban J connectivity index is 1.77. The molecular formula is C20H21N3O4S. The fourth-order valence-corrected chi connectivity index (χ4v) is 4.52. The van der Waals surface area contributed by atoms with E-state index in [0.29, 0.717) is 10.6 Å². The minimum Gasteiger partial charge on any atom is -0.474 e. The van der Waals surface area contributed by atoms with Crippen molar-refractivity contribution in [1.82, 2.24) is 0 Å². The SMILES string of the molecule is Cc1ccc(O[C@H](C)C(=O)Nc2sc3c(c2C#N)CCCCC3)c([N+](=O)[O-])c1. The van der Waals surface area contributed by atoms with Crippen molar-refractivity contribution in [2.24, 2.45) is 0 Å². The Morgan fingerprint density at radius 2 is 2.11 bits per heavy atom. The van der Waals surface area contributed by atoms with Gasteiger partial charge in [-0.15, -0.1) is 11.3 Å². The number of benzene rings is 1. The van der Waals surface area contributed by atoms with Crippen molar-refractivity contribution >= 4 is 27.9 Å². The van der Waals surface area contributed by atoms with Crippen LogP contribution in [0, 0.1) is 28.4 Å². The fourth-order valence-electron chi connectivity index (χ4n) is 3.28. The summed E-state index contributed by atoms with van der Waals surface area (Å²) in [5.41, 5.74) is 2.13. The molecule has 0 saturated carbocycles. The van der Waals surface area contributed by atoms with Crippen molar-refractivity contribution in [2.45, 2.75) is 52.1 Å². The van der Waals surface area contributed by atoms with Gasteiger partial charge in [0, 0.05) is 10.9 Å². The molecule has 7 nitrogen and oxygen atoms in total. The lowest BCUT2D eigenvalue weighted by Crippen LogP contribution is -2.30. The molecule has 0 fully saturated rings. The van der Waals surface area contributed by atoms with Gasteiger partial charge in [-0.3, -0.25) is 14.9 Å². The number of amides is 1. The number of nitriles is 1. The van der Waals surface area contributed by atoms with E-state index < -0.39 is 16.9 Å². The molecule has 2 aromatic rings. The number of aryl methyl sites for hydroxylation is 2. The molecule has 0 bridgehead atoms. The van der Waals surface area contributed by atoms with Crippen LogP contribution in [0.25, 0.3) is 0 Å². The first-order valence-corrected chi connectivity index (χ1v) is 9.99. The second-order valence-corrected chi connectivity index (χ2v) is 7.96. The summed E-state index contributed by atoms with van der Waals surface area (Å²) in [6.45, 7) is 3.28. The van der Waals surface area contributed by atoms with Gasteiger partial charge in [0.15, 0.2) is 11.9 Å². The zero-order chi connectivity index (χ0) is 20.3. The Morgan fingerprint density at radius 1 is 1.36 bits per heavy atom. The van der Waals surface area contributed by atoms with Gasteiger partial charge >= 0.3 is 5.69 Å². The van der Waals surface area contributed by atoms with E-state index in [4.69, 9.17) is 4.74 Å². The molecule has 0 spiro atoms. The van der Waals surface area contributed by atoms with Crippen molar-refractivity contribution in [3.63, 3.8) is 0 Å². The van der Waals surface area contributed by atoms with E-state index >= 15 is 0 Å². The van der Waals surface area contributed by atoms with Crippen LogP contribution in [0.5, 0.6) is 5.75 Å². The molecule has 28 heavy (non-hydrogen) atoms. The largest absolute Gasteiger partial charge is 0.474 e. The zero-order valence-corrected chi connectivity index (χ0v) is 16.6. The summed E-state index contributed by atoms with van der Waals surface area (Å²) >= 11 is 1.44. The van der Waals surface area contributed by atoms with Crippen molar-refractivity contribution in [2.75, 3.05) is 5.32 Å². The molecule has 146 valence electrons. The molecule has 0 saturated heterocycles. The van der Waals surface area contributed by atoms with Crippen LogP contribution in [0.15, 0.2) is 18.2 Å². The number of nitro benzene ring substituents is 1. The number of rotatable bonds is 5. The van der Waals surface area contributed by atoms with E-state index in [1.807, 2.05) is 0 Å². The van der Waals surface area contributed by atoms with Gasteiger partial charge in [-0.1, -0.05) is 12.5 Å². The minimum absolute atomic E-state index is 0.0423. The monoisotopic (exact) mass is 399 g/mol. The number of ether oxygens (including phenoxy) is 1. The quantitative estimate of drug-likeness (QED) is 0.452. The molecule has 0 unspecified atom stereocenters. The van der Waals surface area contributed by atoms with E-state index in [1.165, 1.54) is 30.4 Å². The number of hydrogen-bond donors (Lipinski definition) is 1. The lowest BCUT2D eigenvalue weighted by Gasteiger charge is -2.14. The van der Waals surface area contributed by atoms with Gasteiger partial charge in [-0.2, -0.15) is 5.26 Å². The lowest BCUT2D eigenvalue weighted by molar-refractivity contribution is -0.386. The summed E-state index contributed by atoms with van der Waals surface area (Å²) in [7, 11) is 0. The molecule has 1 aromatic carbocycles. The Hall–Kier alpha value is -2.92. The Labute approximate surface area is 167 Å². The van der Waals surface area contributed by atoms with E-state index in [-0.39, 0.29) is 11.4 Å². The highest BCUT2D eigenvalue weighted by Gasteiger charge is 2.25. The molecule has 1 aliphatic carbocycles. The topological polar surface area (TPSA) is 105 Å². The number of anilines is 1. The van der Waals surface area contributed by atoms with Crippen molar-refractivity contribution < 1.29 is 14.5 Å². The Morgan fingerprint density at radius 3 is 2.82 bits per heavy atom. The van der Waals surface area contributed by atoms with Crippen LogP contribution in [-0.2, 0) is 17.6 Å². The summed E-state index contributed by atoms with van der Waals surface area (Å²) in [6, 6.07) is 6.81. The average molecular weight is 399 g/mol.